The lowest BCUT2D eigenvalue weighted by molar-refractivity contribution is 0.229. The molecule has 0 saturated heterocycles. The number of carbonyl (C=O) groups excluding carboxylic acids is 1. The molecular formula is C17H29N3O3. The molecule has 130 valence electrons. The Morgan fingerprint density at radius 3 is 2.39 bits per heavy atom. The van der Waals surface area contributed by atoms with Crippen LogP contribution in [0.15, 0.2) is 18.2 Å². The van der Waals surface area contributed by atoms with Crippen molar-refractivity contribution >= 4 is 6.03 Å². The molecule has 0 aliphatic carbocycles. The first-order chi connectivity index (χ1) is 10.8. The molecular weight excluding hydrogens is 294 g/mol. The van der Waals surface area contributed by atoms with Crippen LogP contribution in [0.3, 0.4) is 0 Å². The van der Waals surface area contributed by atoms with Crippen LogP contribution in [0.2, 0.25) is 0 Å². The molecule has 0 aliphatic heterocycles. The van der Waals surface area contributed by atoms with E-state index in [0.29, 0.717) is 18.0 Å². The van der Waals surface area contributed by atoms with E-state index in [1.165, 1.54) is 0 Å². The van der Waals surface area contributed by atoms with Gasteiger partial charge in [-0.05, 0) is 58.6 Å². The van der Waals surface area contributed by atoms with Crippen LogP contribution in [0.4, 0.5) is 4.79 Å². The lowest BCUT2D eigenvalue weighted by Gasteiger charge is -2.27. The van der Waals surface area contributed by atoms with Gasteiger partial charge in [0.2, 0.25) is 0 Å². The summed E-state index contributed by atoms with van der Waals surface area (Å²) in [4.78, 5) is 14.2. The molecule has 1 aromatic rings. The van der Waals surface area contributed by atoms with Gasteiger partial charge in [0, 0.05) is 6.54 Å². The maximum absolute atomic E-state index is 12.1. The van der Waals surface area contributed by atoms with E-state index in [2.05, 4.69) is 15.5 Å². The number of carbonyl (C=O) groups is 1. The third kappa shape index (κ3) is 5.98. The third-order valence-corrected chi connectivity index (χ3v) is 3.60. The van der Waals surface area contributed by atoms with E-state index in [-0.39, 0.29) is 6.03 Å². The number of rotatable bonds is 8. The summed E-state index contributed by atoms with van der Waals surface area (Å²) in [6.45, 7) is 5.49. The fraction of sp³-hybridized carbons (Fsp3) is 0.588. The second-order valence-electron chi connectivity index (χ2n) is 6.23. The Balaban J connectivity index is 2.65. The van der Waals surface area contributed by atoms with Crippen LogP contribution in [0, 0.1) is 0 Å². The summed E-state index contributed by atoms with van der Waals surface area (Å²) < 4.78 is 10.6. The second-order valence-corrected chi connectivity index (χ2v) is 6.23. The predicted molar refractivity (Wildman–Crippen MR) is 92.3 cm³/mol. The van der Waals surface area contributed by atoms with Crippen molar-refractivity contribution in [2.24, 2.45) is 0 Å². The molecule has 0 unspecified atom stereocenters. The highest BCUT2D eigenvalue weighted by molar-refractivity contribution is 5.75. The minimum absolute atomic E-state index is 0.177. The number of nitrogens with zero attached hydrogens (tertiary/aromatic N) is 1. The van der Waals surface area contributed by atoms with Gasteiger partial charge in [-0.1, -0.05) is 6.07 Å². The monoisotopic (exact) mass is 323 g/mol. The van der Waals surface area contributed by atoms with Crippen molar-refractivity contribution in [3.63, 3.8) is 0 Å². The van der Waals surface area contributed by atoms with Crippen molar-refractivity contribution < 1.29 is 14.3 Å². The number of hydrogen-bond acceptors (Lipinski definition) is 4. The molecule has 23 heavy (non-hydrogen) atoms. The summed E-state index contributed by atoms with van der Waals surface area (Å²) in [5.74, 6) is 1.31. The van der Waals surface area contributed by atoms with E-state index < -0.39 is 5.54 Å². The molecule has 1 aromatic carbocycles. The molecule has 0 fully saturated rings. The van der Waals surface area contributed by atoms with Crippen LogP contribution in [0.1, 0.15) is 25.8 Å². The van der Waals surface area contributed by atoms with Gasteiger partial charge in [0.1, 0.15) is 0 Å². The molecule has 0 bridgehead atoms. The Kier molecular flexibility index (Phi) is 7.16. The van der Waals surface area contributed by atoms with Crippen molar-refractivity contribution in [3.05, 3.63) is 23.8 Å². The fourth-order valence-corrected chi connectivity index (χ4v) is 2.22. The van der Waals surface area contributed by atoms with E-state index >= 15 is 0 Å². The van der Waals surface area contributed by atoms with Gasteiger partial charge in [-0.2, -0.15) is 0 Å². The summed E-state index contributed by atoms with van der Waals surface area (Å²) in [6, 6.07) is 5.47. The first-order valence-corrected chi connectivity index (χ1v) is 7.73. The van der Waals surface area contributed by atoms with Gasteiger partial charge in [0.25, 0.3) is 0 Å². The standard InChI is InChI=1S/C17H29N3O3/c1-17(2,19-16(21)18-10-7-11-20(3)4)13-8-9-14(22-5)15(12-13)23-6/h8-9,12H,7,10-11H2,1-6H3,(H2,18,19,21). The van der Waals surface area contributed by atoms with Gasteiger partial charge in [-0.15, -0.1) is 0 Å². The maximum Gasteiger partial charge on any atom is 0.315 e. The first-order valence-electron chi connectivity index (χ1n) is 7.73. The molecule has 1 rings (SSSR count). The van der Waals surface area contributed by atoms with Gasteiger partial charge >= 0.3 is 6.03 Å². The minimum Gasteiger partial charge on any atom is -0.493 e. The second kappa shape index (κ2) is 8.62. The zero-order valence-electron chi connectivity index (χ0n) is 15.0. The Morgan fingerprint density at radius 2 is 1.83 bits per heavy atom. The quantitative estimate of drug-likeness (QED) is 0.720. The van der Waals surface area contributed by atoms with Crippen molar-refractivity contribution in [3.8, 4) is 11.5 Å². The summed E-state index contributed by atoms with van der Waals surface area (Å²) in [6.07, 6.45) is 0.914. The number of benzene rings is 1. The van der Waals surface area contributed by atoms with E-state index in [1.54, 1.807) is 14.2 Å². The zero-order chi connectivity index (χ0) is 17.5. The van der Waals surface area contributed by atoms with E-state index in [1.807, 2.05) is 46.1 Å². The van der Waals surface area contributed by atoms with Crippen LogP contribution >= 0.6 is 0 Å². The maximum atomic E-state index is 12.1. The molecule has 0 heterocycles. The molecule has 2 amide bonds. The largest absolute Gasteiger partial charge is 0.493 e. The average Bonchev–Trinajstić information content (AvgIpc) is 2.50. The normalized spacial score (nSPS) is 11.3. The highest BCUT2D eigenvalue weighted by Gasteiger charge is 2.24. The van der Waals surface area contributed by atoms with Crippen LogP contribution in [0.5, 0.6) is 11.5 Å². The van der Waals surface area contributed by atoms with Crippen LogP contribution in [-0.2, 0) is 5.54 Å². The fourth-order valence-electron chi connectivity index (χ4n) is 2.22. The van der Waals surface area contributed by atoms with Crippen molar-refractivity contribution in [1.29, 1.82) is 0 Å². The van der Waals surface area contributed by atoms with Crippen LogP contribution < -0.4 is 20.1 Å². The van der Waals surface area contributed by atoms with E-state index in [9.17, 15) is 4.79 Å². The van der Waals surface area contributed by atoms with Gasteiger partial charge in [0.05, 0.1) is 19.8 Å². The molecule has 0 aromatic heterocycles. The summed E-state index contributed by atoms with van der Waals surface area (Å²) in [7, 11) is 7.22. The third-order valence-electron chi connectivity index (χ3n) is 3.60. The molecule has 6 nitrogen and oxygen atoms in total. The van der Waals surface area contributed by atoms with E-state index in [0.717, 1.165) is 18.5 Å². The molecule has 0 saturated carbocycles. The average molecular weight is 323 g/mol. The molecule has 2 N–H and O–H groups in total. The highest BCUT2D eigenvalue weighted by Crippen LogP contribution is 2.31. The van der Waals surface area contributed by atoms with Crippen molar-refractivity contribution in [2.75, 3.05) is 41.4 Å². The molecule has 6 heteroatoms. The number of hydrogen-bond donors (Lipinski definition) is 2. The lowest BCUT2D eigenvalue weighted by Crippen LogP contribution is -2.46. The topological polar surface area (TPSA) is 62.8 Å². The molecule has 0 radical (unpaired) electrons. The minimum atomic E-state index is -0.523. The lowest BCUT2D eigenvalue weighted by atomic mass is 9.94. The summed E-state index contributed by atoms with van der Waals surface area (Å²) in [5.41, 5.74) is 0.421. The Hall–Kier alpha value is -1.95. The SMILES string of the molecule is COc1ccc(C(C)(C)NC(=O)NCCCN(C)C)cc1OC. The Morgan fingerprint density at radius 1 is 1.17 bits per heavy atom. The number of methoxy groups -OCH3 is 2. The van der Waals surface area contributed by atoms with Gasteiger partial charge < -0.3 is 25.0 Å². The van der Waals surface area contributed by atoms with Crippen molar-refractivity contribution in [2.45, 2.75) is 25.8 Å². The summed E-state index contributed by atoms with van der Waals surface area (Å²) in [5, 5.41) is 5.87. The van der Waals surface area contributed by atoms with Crippen LogP contribution in [-0.4, -0.2) is 52.3 Å². The first kappa shape index (κ1) is 19.1. The van der Waals surface area contributed by atoms with E-state index in [4.69, 9.17) is 9.47 Å². The number of amides is 2. The smallest absolute Gasteiger partial charge is 0.315 e. The van der Waals surface area contributed by atoms with Gasteiger partial charge in [-0.3, -0.25) is 0 Å². The van der Waals surface area contributed by atoms with Gasteiger partial charge in [-0.25, -0.2) is 4.79 Å². The van der Waals surface area contributed by atoms with Gasteiger partial charge in [0.15, 0.2) is 11.5 Å². The zero-order valence-corrected chi connectivity index (χ0v) is 15.0. The van der Waals surface area contributed by atoms with Crippen molar-refractivity contribution in [1.82, 2.24) is 15.5 Å². The predicted octanol–water partition coefficient (Wildman–Crippen LogP) is 2.19. The Bertz CT molecular complexity index is 516. The highest BCUT2D eigenvalue weighted by atomic mass is 16.5. The van der Waals surface area contributed by atoms with Crippen LogP contribution in [0.25, 0.3) is 0 Å². The molecule has 0 atom stereocenters. The number of urea groups is 1. The molecule has 0 aliphatic rings. The summed E-state index contributed by atoms with van der Waals surface area (Å²) >= 11 is 0. The Labute approximate surface area is 139 Å². The number of nitrogens with one attached hydrogen (secondary N) is 2. The number of ether oxygens (including phenoxy) is 2. The molecule has 0 spiro atoms.